The van der Waals surface area contributed by atoms with E-state index >= 15 is 0 Å². The lowest BCUT2D eigenvalue weighted by atomic mass is 9.95. The Balaban J connectivity index is 1.85. The van der Waals surface area contributed by atoms with Crippen molar-refractivity contribution in [1.29, 1.82) is 0 Å². The minimum Gasteiger partial charge on any atom is -0.377 e. The summed E-state index contributed by atoms with van der Waals surface area (Å²) in [7, 11) is 5.89. The van der Waals surface area contributed by atoms with Gasteiger partial charge in [-0.3, -0.25) is 4.99 Å². The standard InChI is InChI=1S/C20H33FN4O/c1-5-26-16(10-13-25(3)4)14-23-19(22-2)24-15-20(11-12-20)17-8-6-7-9-18(17)21/h6-9,16H,5,10-15H2,1-4H3,(H2,22,23,24). The second kappa shape index (κ2) is 9.88. The molecule has 0 bridgehead atoms. The summed E-state index contributed by atoms with van der Waals surface area (Å²) in [4.78, 5) is 6.45. The molecular weight excluding hydrogens is 331 g/mol. The summed E-state index contributed by atoms with van der Waals surface area (Å²) >= 11 is 0. The van der Waals surface area contributed by atoms with Crippen LogP contribution in [0.3, 0.4) is 0 Å². The molecule has 146 valence electrons. The molecule has 0 amide bonds. The van der Waals surface area contributed by atoms with Gasteiger partial charge in [-0.2, -0.15) is 0 Å². The summed E-state index contributed by atoms with van der Waals surface area (Å²) in [5, 5.41) is 6.71. The first-order chi connectivity index (χ1) is 12.5. The molecule has 1 saturated carbocycles. The van der Waals surface area contributed by atoms with Gasteiger partial charge >= 0.3 is 0 Å². The zero-order valence-electron chi connectivity index (χ0n) is 16.5. The van der Waals surface area contributed by atoms with Crippen LogP contribution in [-0.2, 0) is 10.2 Å². The zero-order chi connectivity index (χ0) is 19.0. The number of nitrogens with zero attached hydrogens (tertiary/aromatic N) is 2. The molecule has 0 aromatic heterocycles. The van der Waals surface area contributed by atoms with Crippen LogP contribution in [0, 0.1) is 5.82 Å². The maximum absolute atomic E-state index is 14.1. The van der Waals surface area contributed by atoms with Gasteiger partial charge in [0.25, 0.3) is 0 Å². The van der Waals surface area contributed by atoms with Crippen LogP contribution in [0.2, 0.25) is 0 Å². The Kier molecular flexibility index (Phi) is 7.85. The molecule has 26 heavy (non-hydrogen) atoms. The fourth-order valence-electron chi connectivity index (χ4n) is 3.15. The van der Waals surface area contributed by atoms with Crippen LogP contribution in [0.15, 0.2) is 29.3 Å². The molecule has 1 fully saturated rings. The Morgan fingerprint density at radius 2 is 2.04 bits per heavy atom. The lowest BCUT2D eigenvalue weighted by molar-refractivity contribution is 0.0548. The molecule has 0 heterocycles. The van der Waals surface area contributed by atoms with Crippen molar-refractivity contribution in [2.45, 2.75) is 37.7 Å². The summed E-state index contributed by atoms with van der Waals surface area (Å²) in [6.07, 6.45) is 3.11. The molecule has 1 aliphatic carbocycles. The number of hydrogen-bond acceptors (Lipinski definition) is 3. The highest BCUT2D eigenvalue weighted by atomic mass is 19.1. The van der Waals surface area contributed by atoms with Gasteiger partial charge in [0.2, 0.25) is 0 Å². The van der Waals surface area contributed by atoms with E-state index < -0.39 is 0 Å². The number of halogens is 1. The Morgan fingerprint density at radius 3 is 2.62 bits per heavy atom. The van der Waals surface area contributed by atoms with Crippen LogP contribution in [0.4, 0.5) is 4.39 Å². The number of hydrogen-bond donors (Lipinski definition) is 2. The van der Waals surface area contributed by atoms with Crippen molar-refractivity contribution in [3.63, 3.8) is 0 Å². The van der Waals surface area contributed by atoms with Crippen molar-refractivity contribution >= 4 is 5.96 Å². The van der Waals surface area contributed by atoms with Gasteiger partial charge in [0.05, 0.1) is 6.10 Å². The molecule has 0 radical (unpaired) electrons. The minimum absolute atomic E-state index is 0.104. The second-order valence-corrected chi connectivity index (χ2v) is 7.24. The summed E-state index contributed by atoms with van der Waals surface area (Å²) in [6, 6.07) is 7.08. The highest BCUT2D eigenvalue weighted by molar-refractivity contribution is 5.79. The fourth-order valence-corrected chi connectivity index (χ4v) is 3.15. The predicted molar refractivity (Wildman–Crippen MR) is 105 cm³/mol. The number of benzene rings is 1. The quantitative estimate of drug-likeness (QED) is 0.494. The fraction of sp³-hybridized carbons (Fsp3) is 0.650. The molecule has 2 rings (SSSR count). The van der Waals surface area contributed by atoms with Gasteiger partial charge in [0, 0.05) is 38.7 Å². The van der Waals surface area contributed by atoms with E-state index in [4.69, 9.17) is 4.74 Å². The van der Waals surface area contributed by atoms with Gasteiger partial charge in [-0.15, -0.1) is 0 Å². The van der Waals surface area contributed by atoms with Crippen molar-refractivity contribution in [1.82, 2.24) is 15.5 Å². The molecule has 1 aliphatic rings. The van der Waals surface area contributed by atoms with Crippen LogP contribution in [0.25, 0.3) is 0 Å². The molecule has 1 aromatic rings. The lowest BCUT2D eigenvalue weighted by Gasteiger charge is -2.23. The summed E-state index contributed by atoms with van der Waals surface area (Å²) in [6.45, 7) is 5.08. The molecule has 1 atom stereocenters. The average molecular weight is 365 g/mol. The van der Waals surface area contributed by atoms with Crippen molar-refractivity contribution < 1.29 is 9.13 Å². The monoisotopic (exact) mass is 364 g/mol. The molecule has 0 spiro atoms. The number of nitrogens with one attached hydrogen (secondary N) is 2. The van der Waals surface area contributed by atoms with E-state index in [1.165, 1.54) is 0 Å². The van der Waals surface area contributed by atoms with Crippen LogP contribution >= 0.6 is 0 Å². The summed E-state index contributed by atoms with van der Waals surface area (Å²) in [5.74, 6) is 0.622. The summed E-state index contributed by atoms with van der Waals surface area (Å²) < 4.78 is 19.9. The first-order valence-corrected chi connectivity index (χ1v) is 9.46. The third-order valence-electron chi connectivity index (χ3n) is 4.91. The number of rotatable bonds is 10. The zero-order valence-corrected chi connectivity index (χ0v) is 16.5. The van der Waals surface area contributed by atoms with E-state index in [1.807, 2.05) is 19.1 Å². The molecule has 5 nitrogen and oxygen atoms in total. The largest absolute Gasteiger partial charge is 0.377 e. The number of aliphatic imine (C=N–C) groups is 1. The van der Waals surface area contributed by atoms with Crippen molar-refractivity contribution in [2.24, 2.45) is 4.99 Å². The molecule has 1 unspecified atom stereocenters. The van der Waals surface area contributed by atoms with Crippen LogP contribution in [0.5, 0.6) is 0 Å². The van der Waals surface area contributed by atoms with E-state index in [0.29, 0.717) is 19.7 Å². The molecule has 0 saturated heterocycles. The predicted octanol–water partition coefficient (Wildman–Crippen LogP) is 2.38. The van der Waals surface area contributed by atoms with Crippen molar-refractivity contribution in [3.8, 4) is 0 Å². The van der Waals surface area contributed by atoms with Crippen LogP contribution < -0.4 is 10.6 Å². The van der Waals surface area contributed by atoms with Gasteiger partial charge < -0.3 is 20.3 Å². The second-order valence-electron chi connectivity index (χ2n) is 7.24. The maximum Gasteiger partial charge on any atom is 0.191 e. The molecule has 1 aromatic carbocycles. The first kappa shape index (κ1) is 20.6. The Bertz CT molecular complexity index is 587. The molecule has 0 aliphatic heterocycles. The Morgan fingerprint density at radius 1 is 1.31 bits per heavy atom. The topological polar surface area (TPSA) is 48.9 Å². The van der Waals surface area contributed by atoms with Gasteiger partial charge in [0.1, 0.15) is 5.82 Å². The minimum atomic E-state index is -0.116. The first-order valence-electron chi connectivity index (χ1n) is 9.46. The molecular formula is C20H33FN4O. The smallest absolute Gasteiger partial charge is 0.191 e. The van der Waals surface area contributed by atoms with Crippen LogP contribution in [0.1, 0.15) is 31.7 Å². The Labute approximate surface area is 157 Å². The van der Waals surface area contributed by atoms with Gasteiger partial charge in [-0.1, -0.05) is 18.2 Å². The van der Waals surface area contributed by atoms with E-state index in [2.05, 4.69) is 34.6 Å². The summed E-state index contributed by atoms with van der Waals surface area (Å²) in [5.41, 5.74) is 0.703. The van der Waals surface area contributed by atoms with Gasteiger partial charge in [-0.25, -0.2) is 4.39 Å². The highest BCUT2D eigenvalue weighted by Gasteiger charge is 2.45. The average Bonchev–Trinajstić information content (AvgIpc) is 3.40. The number of guanidine groups is 1. The van der Waals surface area contributed by atoms with Gasteiger partial charge in [-0.05, 0) is 51.9 Å². The van der Waals surface area contributed by atoms with Gasteiger partial charge in [0.15, 0.2) is 5.96 Å². The number of ether oxygens (including phenoxy) is 1. The maximum atomic E-state index is 14.1. The molecule has 2 N–H and O–H groups in total. The third-order valence-corrected chi connectivity index (χ3v) is 4.91. The van der Waals surface area contributed by atoms with Crippen molar-refractivity contribution in [3.05, 3.63) is 35.6 Å². The normalized spacial score (nSPS) is 17.2. The highest BCUT2D eigenvalue weighted by Crippen LogP contribution is 2.48. The van der Waals surface area contributed by atoms with E-state index in [1.54, 1.807) is 19.2 Å². The van der Waals surface area contributed by atoms with Crippen molar-refractivity contribution in [2.75, 3.05) is 47.4 Å². The Hall–Kier alpha value is -1.66. The van der Waals surface area contributed by atoms with E-state index in [9.17, 15) is 4.39 Å². The van der Waals surface area contributed by atoms with E-state index in [0.717, 1.165) is 37.3 Å². The lowest BCUT2D eigenvalue weighted by Crippen LogP contribution is -2.44. The van der Waals surface area contributed by atoms with E-state index in [-0.39, 0.29) is 17.3 Å². The SMILES string of the molecule is CCOC(CCN(C)C)CNC(=NC)NCC1(c2ccccc2F)CC1. The third kappa shape index (κ3) is 5.95. The molecule has 6 heteroatoms. The van der Waals surface area contributed by atoms with Crippen LogP contribution in [-0.4, -0.2) is 64.3 Å².